The molecule has 2 atom stereocenters. The molecule has 1 saturated carbocycles. The van der Waals surface area contributed by atoms with Gasteiger partial charge in [-0.1, -0.05) is 19.8 Å². The maximum Gasteiger partial charge on any atom is 0.186 e. The highest BCUT2D eigenvalue weighted by Gasteiger charge is 2.23. The molecular weight excluding hydrogens is 219 g/mol. The molecule has 94 valence electrons. The second-order valence-corrected chi connectivity index (χ2v) is 4.54. The molecule has 1 aromatic rings. The molecule has 1 aliphatic rings. The van der Waals surface area contributed by atoms with Crippen LogP contribution in [0.15, 0.2) is 6.33 Å². The van der Waals surface area contributed by atoms with Crippen LogP contribution in [0.2, 0.25) is 0 Å². The molecule has 0 bridgehead atoms. The summed E-state index contributed by atoms with van der Waals surface area (Å²) in [6, 6.07) is 0.209. The highest BCUT2D eigenvalue weighted by molar-refractivity contribution is 5.39. The summed E-state index contributed by atoms with van der Waals surface area (Å²) in [5.74, 6) is -0.0491. The summed E-state index contributed by atoms with van der Waals surface area (Å²) in [5.41, 5.74) is 6.47. The first-order valence-electron chi connectivity index (χ1n) is 6.24. The van der Waals surface area contributed by atoms with Crippen LogP contribution in [-0.2, 0) is 6.42 Å². The fourth-order valence-electron chi connectivity index (χ4n) is 2.27. The van der Waals surface area contributed by atoms with Crippen molar-refractivity contribution in [1.29, 1.82) is 0 Å². The van der Waals surface area contributed by atoms with E-state index in [0.717, 1.165) is 25.7 Å². The Balaban J connectivity index is 2.12. The molecule has 1 aromatic heterocycles. The Morgan fingerprint density at radius 1 is 1.41 bits per heavy atom. The molecule has 4 nitrogen and oxygen atoms in total. The van der Waals surface area contributed by atoms with E-state index in [0.29, 0.717) is 17.9 Å². The van der Waals surface area contributed by atoms with E-state index in [1.165, 1.54) is 6.33 Å². The normalized spacial score (nSPS) is 24.6. The molecule has 5 heteroatoms. The van der Waals surface area contributed by atoms with Crippen LogP contribution >= 0.6 is 0 Å². The minimum Gasteiger partial charge on any atom is -0.363 e. The van der Waals surface area contributed by atoms with Crippen molar-refractivity contribution in [3.8, 4) is 0 Å². The molecule has 0 amide bonds. The molecule has 0 saturated heterocycles. The average Bonchev–Trinajstić information content (AvgIpc) is 2.34. The second-order valence-electron chi connectivity index (χ2n) is 4.54. The second kappa shape index (κ2) is 5.40. The van der Waals surface area contributed by atoms with E-state index in [2.05, 4.69) is 15.3 Å². The summed E-state index contributed by atoms with van der Waals surface area (Å²) < 4.78 is 13.9. The van der Waals surface area contributed by atoms with E-state index >= 15 is 0 Å². The van der Waals surface area contributed by atoms with Gasteiger partial charge in [0.1, 0.15) is 6.33 Å². The van der Waals surface area contributed by atoms with Gasteiger partial charge in [-0.25, -0.2) is 14.4 Å². The first-order valence-corrected chi connectivity index (χ1v) is 6.24. The van der Waals surface area contributed by atoms with Crippen LogP contribution in [0.25, 0.3) is 0 Å². The maximum absolute atomic E-state index is 13.9. The molecule has 0 unspecified atom stereocenters. The van der Waals surface area contributed by atoms with Gasteiger partial charge in [-0.15, -0.1) is 0 Å². The predicted molar refractivity (Wildman–Crippen MR) is 65.2 cm³/mol. The van der Waals surface area contributed by atoms with Gasteiger partial charge in [0, 0.05) is 12.1 Å². The number of rotatable bonds is 3. The van der Waals surface area contributed by atoms with Crippen LogP contribution < -0.4 is 11.1 Å². The standard InChI is InChI=1S/C12H19FN4/c1-2-9-11(13)12(16-7-15-9)17-10-6-4-3-5-8(10)14/h7-8,10H,2-6,14H2,1H3,(H,15,16,17)/t8-,10-/m1/s1. The molecule has 1 fully saturated rings. The third-order valence-corrected chi connectivity index (χ3v) is 3.34. The Morgan fingerprint density at radius 2 is 2.18 bits per heavy atom. The summed E-state index contributed by atoms with van der Waals surface area (Å²) in [4.78, 5) is 7.87. The SMILES string of the molecule is CCc1ncnc(N[C@@H]2CCCC[C@H]2N)c1F. The van der Waals surface area contributed by atoms with Gasteiger partial charge in [-0.3, -0.25) is 0 Å². The van der Waals surface area contributed by atoms with E-state index in [-0.39, 0.29) is 17.9 Å². The largest absolute Gasteiger partial charge is 0.363 e. The third kappa shape index (κ3) is 2.72. The fraction of sp³-hybridized carbons (Fsp3) is 0.667. The van der Waals surface area contributed by atoms with Gasteiger partial charge in [-0.2, -0.15) is 0 Å². The van der Waals surface area contributed by atoms with Crippen LogP contribution in [0.5, 0.6) is 0 Å². The van der Waals surface area contributed by atoms with Crippen molar-refractivity contribution in [3.63, 3.8) is 0 Å². The van der Waals surface area contributed by atoms with Gasteiger partial charge in [0.05, 0.1) is 5.69 Å². The Morgan fingerprint density at radius 3 is 2.88 bits per heavy atom. The van der Waals surface area contributed by atoms with Crippen LogP contribution in [0.1, 0.15) is 38.3 Å². The minimum atomic E-state index is -0.340. The number of hydrogen-bond donors (Lipinski definition) is 2. The number of nitrogens with zero attached hydrogens (tertiary/aromatic N) is 2. The van der Waals surface area contributed by atoms with Gasteiger partial charge in [0.25, 0.3) is 0 Å². The number of anilines is 1. The maximum atomic E-state index is 13.9. The van der Waals surface area contributed by atoms with Crippen LogP contribution in [0.3, 0.4) is 0 Å². The van der Waals surface area contributed by atoms with Crippen LogP contribution in [0.4, 0.5) is 10.2 Å². The monoisotopic (exact) mass is 238 g/mol. The number of aryl methyl sites for hydroxylation is 1. The summed E-state index contributed by atoms with van der Waals surface area (Å²) in [5, 5.41) is 3.12. The number of aromatic nitrogens is 2. The van der Waals surface area contributed by atoms with Gasteiger partial charge < -0.3 is 11.1 Å². The Bertz CT molecular complexity index is 383. The molecule has 3 N–H and O–H groups in total. The summed E-state index contributed by atoms with van der Waals surface area (Å²) in [6.45, 7) is 1.88. The van der Waals surface area contributed by atoms with Crippen molar-refractivity contribution in [2.45, 2.75) is 51.1 Å². The van der Waals surface area contributed by atoms with Crippen LogP contribution in [0, 0.1) is 5.82 Å². The molecule has 0 radical (unpaired) electrons. The summed E-state index contributed by atoms with van der Waals surface area (Å²) >= 11 is 0. The van der Waals surface area contributed by atoms with Crippen molar-refractivity contribution in [3.05, 3.63) is 17.8 Å². The highest BCUT2D eigenvalue weighted by atomic mass is 19.1. The van der Waals surface area contributed by atoms with E-state index < -0.39 is 0 Å². The molecule has 0 aromatic carbocycles. The lowest BCUT2D eigenvalue weighted by Gasteiger charge is -2.29. The van der Waals surface area contributed by atoms with E-state index in [1.54, 1.807) is 0 Å². The molecule has 17 heavy (non-hydrogen) atoms. The highest BCUT2D eigenvalue weighted by Crippen LogP contribution is 2.22. The minimum absolute atomic E-state index is 0.0863. The lowest BCUT2D eigenvalue weighted by Crippen LogP contribution is -2.43. The molecule has 2 rings (SSSR count). The number of hydrogen-bond acceptors (Lipinski definition) is 4. The first-order chi connectivity index (χ1) is 8.22. The third-order valence-electron chi connectivity index (χ3n) is 3.34. The number of halogens is 1. The Labute approximate surface area is 101 Å². The smallest absolute Gasteiger partial charge is 0.186 e. The molecule has 1 aliphatic carbocycles. The lowest BCUT2D eigenvalue weighted by molar-refractivity contribution is 0.401. The number of nitrogens with one attached hydrogen (secondary N) is 1. The van der Waals surface area contributed by atoms with E-state index in [1.807, 2.05) is 6.92 Å². The fourth-order valence-corrected chi connectivity index (χ4v) is 2.27. The zero-order chi connectivity index (χ0) is 12.3. The average molecular weight is 238 g/mol. The van der Waals surface area contributed by atoms with Crippen molar-refractivity contribution in [2.75, 3.05) is 5.32 Å². The van der Waals surface area contributed by atoms with Crippen molar-refractivity contribution in [2.24, 2.45) is 5.73 Å². The number of nitrogens with two attached hydrogens (primary N) is 1. The summed E-state index contributed by atoms with van der Waals surface area (Å²) in [6.07, 6.45) is 6.24. The molecule has 1 heterocycles. The molecule has 0 aliphatic heterocycles. The Kier molecular flexibility index (Phi) is 3.89. The zero-order valence-electron chi connectivity index (χ0n) is 10.1. The topological polar surface area (TPSA) is 63.8 Å². The zero-order valence-corrected chi connectivity index (χ0v) is 10.1. The lowest BCUT2D eigenvalue weighted by atomic mass is 9.91. The predicted octanol–water partition coefficient (Wildman–Crippen LogP) is 1.86. The van der Waals surface area contributed by atoms with Crippen LogP contribution in [-0.4, -0.2) is 22.1 Å². The molecule has 0 spiro atoms. The quantitative estimate of drug-likeness (QED) is 0.843. The first kappa shape index (κ1) is 12.2. The van der Waals surface area contributed by atoms with Crippen molar-refractivity contribution in [1.82, 2.24) is 9.97 Å². The van der Waals surface area contributed by atoms with Gasteiger partial charge >= 0.3 is 0 Å². The van der Waals surface area contributed by atoms with Crippen molar-refractivity contribution < 1.29 is 4.39 Å². The van der Waals surface area contributed by atoms with Crippen molar-refractivity contribution >= 4 is 5.82 Å². The van der Waals surface area contributed by atoms with Gasteiger partial charge in [0.2, 0.25) is 0 Å². The van der Waals surface area contributed by atoms with E-state index in [4.69, 9.17) is 5.73 Å². The van der Waals surface area contributed by atoms with E-state index in [9.17, 15) is 4.39 Å². The molecular formula is C12H19FN4. The summed E-state index contributed by atoms with van der Waals surface area (Å²) in [7, 11) is 0. The van der Waals surface area contributed by atoms with Gasteiger partial charge in [0.15, 0.2) is 11.6 Å². The van der Waals surface area contributed by atoms with Gasteiger partial charge in [-0.05, 0) is 19.3 Å². The Hall–Kier alpha value is -1.23.